The predicted molar refractivity (Wildman–Crippen MR) is 68.7 cm³/mol. The summed E-state index contributed by atoms with van der Waals surface area (Å²) < 4.78 is 5.15. The van der Waals surface area contributed by atoms with Gasteiger partial charge >= 0.3 is 0 Å². The van der Waals surface area contributed by atoms with Crippen LogP contribution in [0.3, 0.4) is 0 Å². The molecule has 0 bridgehead atoms. The molecule has 2 nitrogen and oxygen atoms in total. The summed E-state index contributed by atoms with van der Waals surface area (Å²) in [6, 6.07) is 8.33. The van der Waals surface area contributed by atoms with Crippen LogP contribution in [0.15, 0.2) is 24.3 Å². The molecule has 90 valence electrons. The number of methoxy groups -OCH3 is 1. The van der Waals surface area contributed by atoms with Crippen LogP contribution in [0.4, 0.5) is 0 Å². The topological polar surface area (TPSA) is 35.2 Å². The molecule has 0 spiro atoms. The van der Waals surface area contributed by atoms with Crippen LogP contribution in [0.25, 0.3) is 0 Å². The number of nitrogens with two attached hydrogens (primary N) is 1. The fourth-order valence-corrected chi connectivity index (χ4v) is 1.95. The van der Waals surface area contributed by atoms with Crippen molar-refractivity contribution in [2.75, 3.05) is 13.7 Å². The second-order valence-corrected chi connectivity index (χ2v) is 4.63. The van der Waals surface area contributed by atoms with Crippen molar-refractivity contribution < 1.29 is 4.74 Å². The molecule has 0 amide bonds. The lowest BCUT2D eigenvalue weighted by atomic mass is 9.87. The smallest absolute Gasteiger partial charge is 0.118 e. The van der Waals surface area contributed by atoms with E-state index in [1.54, 1.807) is 7.11 Å². The van der Waals surface area contributed by atoms with Crippen molar-refractivity contribution in [3.63, 3.8) is 0 Å². The second-order valence-electron chi connectivity index (χ2n) is 4.63. The lowest BCUT2D eigenvalue weighted by Gasteiger charge is -2.20. The molecular weight excluding hydrogens is 198 g/mol. The van der Waals surface area contributed by atoms with E-state index in [4.69, 9.17) is 10.5 Å². The molecule has 0 aromatic heterocycles. The van der Waals surface area contributed by atoms with Gasteiger partial charge in [0.15, 0.2) is 0 Å². The standard InChI is InChI=1S/C14H23NO/c1-11(2)13(8-9-15)10-12-4-6-14(16-3)7-5-12/h4-7,11,13H,8-10,15H2,1-3H3. The molecule has 16 heavy (non-hydrogen) atoms. The minimum Gasteiger partial charge on any atom is -0.497 e. The third-order valence-corrected chi connectivity index (χ3v) is 3.14. The molecule has 1 aromatic rings. The summed E-state index contributed by atoms with van der Waals surface area (Å²) >= 11 is 0. The SMILES string of the molecule is COc1ccc(CC(CCN)C(C)C)cc1. The van der Waals surface area contributed by atoms with E-state index in [1.807, 2.05) is 12.1 Å². The summed E-state index contributed by atoms with van der Waals surface area (Å²) in [6.45, 7) is 5.31. The maximum absolute atomic E-state index is 5.65. The Kier molecular flexibility index (Phi) is 5.33. The van der Waals surface area contributed by atoms with Crippen molar-refractivity contribution in [2.24, 2.45) is 17.6 Å². The second kappa shape index (κ2) is 6.54. The van der Waals surface area contributed by atoms with Crippen LogP contribution in [0, 0.1) is 11.8 Å². The average molecular weight is 221 g/mol. The fraction of sp³-hybridized carbons (Fsp3) is 0.571. The minimum absolute atomic E-state index is 0.679. The number of ether oxygens (including phenoxy) is 1. The molecule has 0 fully saturated rings. The van der Waals surface area contributed by atoms with Crippen LogP contribution in [0.2, 0.25) is 0 Å². The Bertz CT molecular complexity index is 292. The highest BCUT2D eigenvalue weighted by atomic mass is 16.5. The van der Waals surface area contributed by atoms with Crippen LogP contribution in [-0.4, -0.2) is 13.7 Å². The molecule has 0 saturated carbocycles. The maximum Gasteiger partial charge on any atom is 0.118 e. The van der Waals surface area contributed by atoms with Crippen LogP contribution in [0.5, 0.6) is 5.75 Å². The van der Waals surface area contributed by atoms with Crippen LogP contribution in [-0.2, 0) is 6.42 Å². The van der Waals surface area contributed by atoms with Gasteiger partial charge in [0.25, 0.3) is 0 Å². The normalized spacial score (nSPS) is 12.8. The van der Waals surface area contributed by atoms with Crippen LogP contribution < -0.4 is 10.5 Å². The molecule has 0 aliphatic heterocycles. The van der Waals surface area contributed by atoms with E-state index >= 15 is 0 Å². The van der Waals surface area contributed by atoms with Gasteiger partial charge in [0.1, 0.15) is 5.75 Å². The van der Waals surface area contributed by atoms with Gasteiger partial charge in [-0.1, -0.05) is 26.0 Å². The molecular formula is C14H23NO. The fourth-order valence-electron chi connectivity index (χ4n) is 1.95. The molecule has 1 atom stereocenters. The summed E-state index contributed by atoms with van der Waals surface area (Å²) in [5.41, 5.74) is 7.01. The Labute approximate surface area is 98.8 Å². The number of hydrogen-bond acceptors (Lipinski definition) is 2. The van der Waals surface area contributed by atoms with E-state index < -0.39 is 0 Å². The van der Waals surface area contributed by atoms with Gasteiger partial charge in [-0.3, -0.25) is 0 Å². The zero-order valence-corrected chi connectivity index (χ0v) is 10.6. The van der Waals surface area contributed by atoms with E-state index in [9.17, 15) is 0 Å². The van der Waals surface area contributed by atoms with Gasteiger partial charge in [-0.25, -0.2) is 0 Å². The predicted octanol–water partition coefficient (Wildman–Crippen LogP) is 2.86. The van der Waals surface area contributed by atoms with E-state index in [1.165, 1.54) is 5.56 Å². The molecule has 2 heteroatoms. The Morgan fingerprint density at radius 3 is 2.25 bits per heavy atom. The molecule has 0 aliphatic rings. The Hall–Kier alpha value is -1.02. The van der Waals surface area contributed by atoms with Gasteiger partial charge in [-0.05, 0) is 48.9 Å². The number of benzene rings is 1. The largest absolute Gasteiger partial charge is 0.497 e. The highest BCUT2D eigenvalue weighted by Gasteiger charge is 2.13. The molecule has 0 radical (unpaired) electrons. The van der Waals surface area contributed by atoms with Gasteiger partial charge in [-0.15, -0.1) is 0 Å². The molecule has 1 unspecified atom stereocenters. The first kappa shape index (κ1) is 13.0. The Morgan fingerprint density at radius 1 is 1.19 bits per heavy atom. The summed E-state index contributed by atoms with van der Waals surface area (Å²) in [5, 5.41) is 0. The first-order valence-corrected chi connectivity index (χ1v) is 6.00. The van der Waals surface area contributed by atoms with E-state index in [-0.39, 0.29) is 0 Å². The van der Waals surface area contributed by atoms with Crippen molar-refractivity contribution in [3.05, 3.63) is 29.8 Å². The minimum atomic E-state index is 0.679. The molecule has 1 aromatic carbocycles. The molecule has 0 heterocycles. The third-order valence-electron chi connectivity index (χ3n) is 3.14. The van der Waals surface area contributed by atoms with Gasteiger partial charge < -0.3 is 10.5 Å². The highest BCUT2D eigenvalue weighted by Crippen LogP contribution is 2.21. The van der Waals surface area contributed by atoms with Gasteiger partial charge in [0.2, 0.25) is 0 Å². The Balaban J connectivity index is 2.62. The maximum atomic E-state index is 5.65. The number of hydrogen-bond donors (Lipinski definition) is 1. The van der Waals surface area contributed by atoms with Gasteiger partial charge in [0, 0.05) is 0 Å². The molecule has 0 aliphatic carbocycles. The van der Waals surface area contributed by atoms with E-state index in [0.717, 1.165) is 25.1 Å². The monoisotopic (exact) mass is 221 g/mol. The summed E-state index contributed by atoms with van der Waals surface area (Å²) in [5.74, 6) is 2.28. The first-order valence-electron chi connectivity index (χ1n) is 6.00. The summed E-state index contributed by atoms with van der Waals surface area (Å²) in [6.07, 6.45) is 2.21. The zero-order valence-electron chi connectivity index (χ0n) is 10.6. The van der Waals surface area contributed by atoms with Crippen molar-refractivity contribution in [2.45, 2.75) is 26.7 Å². The molecule has 0 saturated heterocycles. The van der Waals surface area contributed by atoms with Crippen molar-refractivity contribution in [3.8, 4) is 5.75 Å². The Morgan fingerprint density at radius 2 is 1.81 bits per heavy atom. The lowest BCUT2D eigenvalue weighted by Crippen LogP contribution is -2.16. The molecule has 2 N–H and O–H groups in total. The zero-order chi connectivity index (χ0) is 12.0. The highest BCUT2D eigenvalue weighted by molar-refractivity contribution is 5.27. The molecule has 1 rings (SSSR count). The average Bonchev–Trinajstić information content (AvgIpc) is 2.29. The van der Waals surface area contributed by atoms with E-state index in [0.29, 0.717) is 11.8 Å². The number of rotatable bonds is 6. The van der Waals surface area contributed by atoms with Crippen LogP contribution in [0.1, 0.15) is 25.8 Å². The van der Waals surface area contributed by atoms with Crippen molar-refractivity contribution >= 4 is 0 Å². The van der Waals surface area contributed by atoms with Crippen LogP contribution >= 0.6 is 0 Å². The lowest BCUT2D eigenvalue weighted by molar-refractivity contribution is 0.362. The first-order chi connectivity index (χ1) is 7.67. The summed E-state index contributed by atoms with van der Waals surface area (Å²) in [4.78, 5) is 0. The van der Waals surface area contributed by atoms with Gasteiger partial charge in [0.05, 0.1) is 7.11 Å². The summed E-state index contributed by atoms with van der Waals surface area (Å²) in [7, 11) is 1.69. The van der Waals surface area contributed by atoms with Gasteiger partial charge in [-0.2, -0.15) is 0 Å². The van der Waals surface area contributed by atoms with Crippen molar-refractivity contribution in [1.29, 1.82) is 0 Å². The third kappa shape index (κ3) is 3.86. The quantitative estimate of drug-likeness (QED) is 0.801. The van der Waals surface area contributed by atoms with E-state index in [2.05, 4.69) is 26.0 Å². The van der Waals surface area contributed by atoms with Crippen molar-refractivity contribution in [1.82, 2.24) is 0 Å².